The number of nitrogens with one attached hydrogen (secondary N) is 1. The van der Waals surface area contributed by atoms with Crippen molar-refractivity contribution in [2.24, 2.45) is 0 Å². The lowest BCUT2D eigenvalue weighted by Gasteiger charge is -2.30. The molecule has 2 aromatic rings. The maximum atomic E-state index is 10.3. The zero-order chi connectivity index (χ0) is 20.3. The fourth-order valence-electron chi connectivity index (χ4n) is 3.80. The van der Waals surface area contributed by atoms with Crippen LogP contribution in [0.15, 0.2) is 22.7 Å². The van der Waals surface area contributed by atoms with Crippen LogP contribution in [-0.4, -0.2) is 40.1 Å². The SMILES string of the molecule is COc1cc(Br)c(CCC2NCCc3cc(O)c(OC)c(OC)c32)cc1OC. The number of phenols is 1. The van der Waals surface area contributed by atoms with E-state index in [2.05, 4.69) is 21.2 Å². The molecule has 0 amide bonds. The van der Waals surface area contributed by atoms with Gasteiger partial charge in [-0.2, -0.15) is 0 Å². The number of ether oxygens (including phenoxy) is 4. The first-order chi connectivity index (χ1) is 13.5. The van der Waals surface area contributed by atoms with Crippen molar-refractivity contribution in [2.75, 3.05) is 35.0 Å². The Bertz CT molecular complexity index is 855. The van der Waals surface area contributed by atoms with Gasteiger partial charge in [-0.05, 0) is 55.1 Å². The second-order valence-corrected chi connectivity index (χ2v) is 7.48. The minimum atomic E-state index is 0.0909. The summed E-state index contributed by atoms with van der Waals surface area (Å²) in [5.41, 5.74) is 3.28. The molecular weight excluding hydrogens is 426 g/mol. The first-order valence-electron chi connectivity index (χ1n) is 9.14. The van der Waals surface area contributed by atoms with Gasteiger partial charge >= 0.3 is 0 Å². The summed E-state index contributed by atoms with van der Waals surface area (Å²) in [6.07, 6.45) is 2.51. The van der Waals surface area contributed by atoms with Crippen LogP contribution in [-0.2, 0) is 12.8 Å². The minimum Gasteiger partial charge on any atom is -0.504 e. The van der Waals surface area contributed by atoms with Gasteiger partial charge in [0, 0.05) is 16.1 Å². The fraction of sp³-hybridized carbons (Fsp3) is 0.429. The summed E-state index contributed by atoms with van der Waals surface area (Å²) in [4.78, 5) is 0. The largest absolute Gasteiger partial charge is 0.504 e. The molecule has 2 N–H and O–H groups in total. The minimum absolute atomic E-state index is 0.0909. The number of benzene rings is 2. The first-order valence-corrected chi connectivity index (χ1v) is 9.93. The molecule has 0 bridgehead atoms. The van der Waals surface area contributed by atoms with Crippen LogP contribution >= 0.6 is 15.9 Å². The van der Waals surface area contributed by atoms with Crippen LogP contribution < -0.4 is 24.3 Å². The molecule has 2 aromatic carbocycles. The molecule has 1 aliphatic heterocycles. The molecule has 0 aliphatic carbocycles. The molecular formula is C21H26BrNO5. The Morgan fingerprint density at radius 3 is 2.32 bits per heavy atom. The van der Waals surface area contributed by atoms with Crippen molar-refractivity contribution in [3.63, 3.8) is 0 Å². The van der Waals surface area contributed by atoms with Crippen LogP contribution in [0.1, 0.15) is 29.2 Å². The van der Waals surface area contributed by atoms with Crippen molar-refractivity contribution < 1.29 is 24.1 Å². The summed E-state index contributed by atoms with van der Waals surface area (Å²) in [5, 5.41) is 13.8. The molecule has 1 heterocycles. The van der Waals surface area contributed by atoms with Crippen LogP contribution in [0.2, 0.25) is 0 Å². The van der Waals surface area contributed by atoms with Gasteiger partial charge in [0.25, 0.3) is 0 Å². The maximum Gasteiger partial charge on any atom is 0.203 e. The predicted molar refractivity (Wildman–Crippen MR) is 111 cm³/mol. The van der Waals surface area contributed by atoms with Gasteiger partial charge in [-0.3, -0.25) is 0 Å². The second kappa shape index (κ2) is 8.92. The van der Waals surface area contributed by atoms with E-state index in [1.807, 2.05) is 12.1 Å². The van der Waals surface area contributed by atoms with Crippen molar-refractivity contribution in [3.05, 3.63) is 39.4 Å². The van der Waals surface area contributed by atoms with E-state index in [4.69, 9.17) is 18.9 Å². The summed E-state index contributed by atoms with van der Waals surface area (Å²) in [6.45, 7) is 0.847. The van der Waals surface area contributed by atoms with Gasteiger partial charge in [0.2, 0.25) is 5.75 Å². The fourth-order valence-corrected chi connectivity index (χ4v) is 4.32. The molecule has 1 aliphatic rings. The van der Waals surface area contributed by atoms with Crippen LogP contribution in [0, 0.1) is 0 Å². The normalized spacial score (nSPS) is 15.7. The quantitative estimate of drug-likeness (QED) is 0.662. The zero-order valence-electron chi connectivity index (χ0n) is 16.6. The van der Waals surface area contributed by atoms with Crippen LogP contribution in [0.5, 0.6) is 28.7 Å². The Labute approximate surface area is 173 Å². The molecule has 28 heavy (non-hydrogen) atoms. The van der Waals surface area contributed by atoms with E-state index in [1.165, 1.54) is 7.11 Å². The number of halogens is 1. The van der Waals surface area contributed by atoms with E-state index in [9.17, 15) is 5.11 Å². The number of hydrogen-bond acceptors (Lipinski definition) is 6. The van der Waals surface area contributed by atoms with E-state index in [0.717, 1.165) is 47.0 Å². The number of aryl methyl sites for hydroxylation is 1. The Kier molecular flexibility index (Phi) is 6.57. The van der Waals surface area contributed by atoms with Crippen molar-refractivity contribution >= 4 is 15.9 Å². The average Bonchev–Trinajstić information content (AvgIpc) is 2.71. The standard InChI is InChI=1S/C21H26BrNO5/c1-25-17-10-12(14(22)11-18(17)26-2)5-6-15-19-13(7-8-23-15)9-16(24)20(27-3)21(19)28-4/h9-11,15,23-24H,5-8H2,1-4H3. The van der Waals surface area contributed by atoms with Gasteiger partial charge in [0.1, 0.15) is 0 Å². The highest BCUT2D eigenvalue weighted by Crippen LogP contribution is 2.46. The summed E-state index contributed by atoms with van der Waals surface area (Å²) >= 11 is 3.63. The summed E-state index contributed by atoms with van der Waals surface area (Å²) in [7, 11) is 6.41. The van der Waals surface area contributed by atoms with Gasteiger partial charge in [-0.25, -0.2) is 0 Å². The van der Waals surface area contributed by atoms with Crippen LogP contribution in [0.4, 0.5) is 0 Å². The molecule has 152 valence electrons. The number of aromatic hydroxyl groups is 1. The molecule has 0 radical (unpaired) electrons. The van der Waals surface area contributed by atoms with E-state index in [1.54, 1.807) is 27.4 Å². The lowest BCUT2D eigenvalue weighted by molar-refractivity contribution is 0.322. The zero-order valence-corrected chi connectivity index (χ0v) is 18.2. The second-order valence-electron chi connectivity index (χ2n) is 6.63. The van der Waals surface area contributed by atoms with Gasteiger partial charge in [0.05, 0.1) is 28.4 Å². The predicted octanol–water partition coefficient (Wildman–Crippen LogP) is 4.01. The number of hydrogen-bond donors (Lipinski definition) is 2. The van der Waals surface area contributed by atoms with Gasteiger partial charge in [-0.15, -0.1) is 0 Å². The molecule has 1 atom stereocenters. The van der Waals surface area contributed by atoms with Crippen LogP contribution in [0.25, 0.3) is 0 Å². The lowest BCUT2D eigenvalue weighted by Crippen LogP contribution is -2.30. The third-order valence-corrected chi connectivity index (χ3v) is 5.88. The van der Waals surface area contributed by atoms with Crippen molar-refractivity contribution in [3.8, 4) is 28.7 Å². The molecule has 1 unspecified atom stereocenters. The van der Waals surface area contributed by atoms with Crippen LogP contribution in [0.3, 0.4) is 0 Å². The third kappa shape index (κ3) is 3.86. The first kappa shape index (κ1) is 20.6. The smallest absolute Gasteiger partial charge is 0.203 e. The Morgan fingerprint density at radius 1 is 1.00 bits per heavy atom. The van der Waals surface area contributed by atoms with Gasteiger partial charge < -0.3 is 29.4 Å². The highest BCUT2D eigenvalue weighted by atomic mass is 79.9. The molecule has 7 heteroatoms. The van der Waals surface area contributed by atoms with E-state index in [0.29, 0.717) is 23.0 Å². The summed E-state index contributed by atoms with van der Waals surface area (Å²) in [5.74, 6) is 2.49. The Balaban J connectivity index is 1.90. The summed E-state index contributed by atoms with van der Waals surface area (Å²) < 4.78 is 22.8. The number of phenolic OH excluding ortho intramolecular Hbond substituents is 1. The molecule has 3 rings (SSSR count). The van der Waals surface area contributed by atoms with Gasteiger partial charge in [0.15, 0.2) is 23.0 Å². The van der Waals surface area contributed by atoms with Crippen molar-refractivity contribution in [1.82, 2.24) is 5.32 Å². The molecule has 0 spiro atoms. The maximum absolute atomic E-state index is 10.3. The van der Waals surface area contributed by atoms with Crippen molar-refractivity contribution in [1.29, 1.82) is 0 Å². The number of methoxy groups -OCH3 is 4. The molecule has 0 aromatic heterocycles. The number of rotatable bonds is 7. The van der Waals surface area contributed by atoms with Gasteiger partial charge in [-0.1, -0.05) is 15.9 Å². The summed E-state index contributed by atoms with van der Waals surface area (Å²) in [6, 6.07) is 5.81. The number of fused-ring (bicyclic) bond motifs is 1. The average molecular weight is 452 g/mol. The highest BCUT2D eigenvalue weighted by Gasteiger charge is 2.28. The van der Waals surface area contributed by atoms with E-state index >= 15 is 0 Å². The molecule has 6 nitrogen and oxygen atoms in total. The highest BCUT2D eigenvalue weighted by molar-refractivity contribution is 9.10. The monoisotopic (exact) mass is 451 g/mol. The Morgan fingerprint density at radius 2 is 1.68 bits per heavy atom. The Hall–Kier alpha value is -2.12. The third-order valence-electron chi connectivity index (χ3n) is 5.14. The molecule has 0 fully saturated rings. The van der Waals surface area contributed by atoms with E-state index in [-0.39, 0.29) is 11.8 Å². The van der Waals surface area contributed by atoms with Crippen molar-refractivity contribution in [2.45, 2.75) is 25.3 Å². The lowest BCUT2D eigenvalue weighted by atomic mass is 9.89. The topological polar surface area (TPSA) is 69.2 Å². The molecule has 0 saturated heterocycles. The van der Waals surface area contributed by atoms with E-state index < -0.39 is 0 Å². The molecule has 0 saturated carbocycles.